The normalized spacial score (nSPS) is 14.7. The van der Waals surface area contributed by atoms with Gasteiger partial charge >= 0.3 is 5.97 Å². The fourth-order valence-electron chi connectivity index (χ4n) is 3.02. The predicted octanol–water partition coefficient (Wildman–Crippen LogP) is 4.25. The number of amides is 1. The number of carbonyl (C=O) groups is 2. The van der Waals surface area contributed by atoms with Crippen molar-refractivity contribution in [2.75, 3.05) is 4.90 Å². The average Bonchev–Trinajstić information content (AvgIpc) is 3.19. The minimum absolute atomic E-state index is 0.161. The number of nitrogens with zero attached hydrogens (tertiary/aromatic N) is 1. The second-order valence-corrected chi connectivity index (χ2v) is 6.49. The molecular weight excluding hydrogens is 358 g/mol. The second kappa shape index (κ2) is 7.08. The molecule has 6 heteroatoms. The molecule has 6 nitrogen and oxygen atoms in total. The number of furan rings is 1. The summed E-state index contributed by atoms with van der Waals surface area (Å²) in [5.74, 6) is -0.0289. The first-order valence-electron chi connectivity index (χ1n) is 8.69. The lowest BCUT2D eigenvalue weighted by atomic mass is 10.1. The van der Waals surface area contributed by atoms with Crippen molar-refractivity contribution in [2.24, 2.45) is 0 Å². The highest BCUT2D eigenvalue weighted by molar-refractivity contribution is 6.09. The zero-order valence-electron chi connectivity index (χ0n) is 15.1. The van der Waals surface area contributed by atoms with E-state index in [1.807, 2.05) is 25.1 Å². The van der Waals surface area contributed by atoms with E-state index in [0.717, 1.165) is 11.1 Å². The van der Waals surface area contributed by atoms with Gasteiger partial charge in [0.1, 0.15) is 5.76 Å². The summed E-state index contributed by atoms with van der Waals surface area (Å²) in [5, 5.41) is 9.06. The van der Waals surface area contributed by atoms with Gasteiger partial charge in [-0.1, -0.05) is 18.2 Å². The van der Waals surface area contributed by atoms with E-state index in [0.29, 0.717) is 17.2 Å². The van der Waals surface area contributed by atoms with Crippen LogP contribution in [0.15, 0.2) is 71.0 Å². The van der Waals surface area contributed by atoms with E-state index in [2.05, 4.69) is 0 Å². The quantitative estimate of drug-likeness (QED) is 0.690. The largest absolute Gasteiger partial charge is 0.478 e. The number of hydrogen-bond acceptors (Lipinski definition) is 4. The maximum atomic E-state index is 13.1. The monoisotopic (exact) mass is 375 g/mol. The number of hydrogen-bond donors (Lipinski definition) is 1. The fraction of sp³-hybridized carbons (Fsp3) is 0.0909. The van der Waals surface area contributed by atoms with Gasteiger partial charge in [0.15, 0.2) is 11.5 Å². The number of carboxylic acids is 1. The summed E-state index contributed by atoms with van der Waals surface area (Å²) in [6.45, 7) is 2.23. The van der Waals surface area contributed by atoms with Crippen molar-refractivity contribution in [3.8, 4) is 5.75 Å². The Balaban J connectivity index is 1.72. The van der Waals surface area contributed by atoms with Crippen LogP contribution in [0, 0.1) is 6.92 Å². The molecule has 0 fully saturated rings. The predicted molar refractivity (Wildman–Crippen MR) is 103 cm³/mol. The van der Waals surface area contributed by atoms with Crippen molar-refractivity contribution in [3.63, 3.8) is 0 Å². The lowest BCUT2D eigenvalue weighted by molar-refractivity contribution is -0.117. The molecule has 140 valence electrons. The van der Waals surface area contributed by atoms with Crippen molar-refractivity contribution < 1.29 is 23.8 Å². The number of aryl methyl sites for hydroxylation is 1. The first-order valence-corrected chi connectivity index (χ1v) is 8.69. The summed E-state index contributed by atoms with van der Waals surface area (Å²) in [5.41, 5.74) is 2.68. The van der Waals surface area contributed by atoms with E-state index in [1.165, 1.54) is 18.4 Å². The molecule has 1 N–H and O–H groups in total. The minimum Gasteiger partial charge on any atom is -0.478 e. The molecular formula is C22H17NO5. The van der Waals surface area contributed by atoms with Gasteiger partial charge < -0.3 is 14.3 Å². The molecule has 1 aliphatic rings. The van der Waals surface area contributed by atoms with Gasteiger partial charge in [-0.05, 0) is 54.4 Å². The molecule has 0 saturated carbocycles. The summed E-state index contributed by atoms with van der Waals surface area (Å²) in [7, 11) is 0. The van der Waals surface area contributed by atoms with Gasteiger partial charge in [-0.3, -0.25) is 9.69 Å². The van der Waals surface area contributed by atoms with E-state index >= 15 is 0 Å². The molecule has 1 aliphatic heterocycles. The van der Waals surface area contributed by atoms with Crippen molar-refractivity contribution in [1.82, 2.24) is 0 Å². The second-order valence-electron chi connectivity index (χ2n) is 6.49. The summed E-state index contributed by atoms with van der Waals surface area (Å²) < 4.78 is 11.1. The van der Waals surface area contributed by atoms with Gasteiger partial charge in [-0.2, -0.15) is 0 Å². The van der Waals surface area contributed by atoms with Crippen LogP contribution in [0.1, 0.15) is 27.2 Å². The van der Waals surface area contributed by atoms with Crippen molar-refractivity contribution in [3.05, 3.63) is 89.1 Å². The highest BCUT2D eigenvalue weighted by Gasteiger charge is 2.30. The Morgan fingerprint density at radius 3 is 2.61 bits per heavy atom. The number of carboxylic acid groups (broad SMARTS) is 1. The van der Waals surface area contributed by atoms with Gasteiger partial charge in [-0.25, -0.2) is 4.79 Å². The Morgan fingerprint density at radius 2 is 1.93 bits per heavy atom. The van der Waals surface area contributed by atoms with E-state index in [1.54, 1.807) is 35.2 Å². The van der Waals surface area contributed by atoms with Crippen LogP contribution in [0.25, 0.3) is 6.08 Å². The molecule has 0 unspecified atom stereocenters. The molecule has 0 bridgehead atoms. The molecule has 3 aromatic rings. The van der Waals surface area contributed by atoms with Crippen LogP contribution >= 0.6 is 0 Å². The molecule has 0 radical (unpaired) electrons. The standard InChI is InChI=1S/C22H17NO5/c1-14-4-9-19-18(11-14)23(13-15-5-7-16(8-6-15)22(25)26)21(24)20(28-19)12-17-3-2-10-27-17/h2-12H,13H2,1H3,(H,25,26)/b20-12+. The van der Waals surface area contributed by atoms with Gasteiger partial charge in [-0.15, -0.1) is 0 Å². The molecule has 28 heavy (non-hydrogen) atoms. The van der Waals surface area contributed by atoms with Crippen LogP contribution in [-0.2, 0) is 11.3 Å². The van der Waals surface area contributed by atoms with Crippen molar-refractivity contribution >= 4 is 23.6 Å². The van der Waals surface area contributed by atoms with Crippen molar-refractivity contribution in [2.45, 2.75) is 13.5 Å². The first-order chi connectivity index (χ1) is 13.5. The van der Waals surface area contributed by atoms with Crippen LogP contribution in [0.2, 0.25) is 0 Å². The maximum Gasteiger partial charge on any atom is 0.335 e. The third kappa shape index (κ3) is 3.40. The highest BCUT2D eigenvalue weighted by atomic mass is 16.5. The maximum absolute atomic E-state index is 13.1. The topological polar surface area (TPSA) is 80.0 Å². The number of ether oxygens (including phenoxy) is 1. The molecule has 0 aliphatic carbocycles. The molecule has 2 aromatic carbocycles. The average molecular weight is 375 g/mol. The zero-order chi connectivity index (χ0) is 19.7. The van der Waals surface area contributed by atoms with Gasteiger partial charge in [0.05, 0.1) is 24.1 Å². The molecule has 1 aromatic heterocycles. The SMILES string of the molecule is Cc1ccc2c(c1)N(Cc1ccc(C(=O)O)cc1)C(=O)/C(=C\c1ccco1)O2. The Hall–Kier alpha value is -3.80. The first kappa shape index (κ1) is 17.6. The third-order valence-corrected chi connectivity index (χ3v) is 4.44. The number of rotatable bonds is 4. The van der Waals surface area contributed by atoms with Crippen LogP contribution < -0.4 is 9.64 Å². The Labute approximate surface area is 161 Å². The third-order valence-electron chi connectivity index (χ3n) is 4.44. The molecule has 0 atom stereocenters. The molecule has 1 amide bonds. The number of fused-ring (bicyclic) bond motifs is 1. The van der Waals surface area contributed by atoms with E-state index in [4.69, 9.17) is 14.3 Å². The lowest BCUT2D eigenvalue weighted by Crippen LogP contribution is -2.36. The summed E-state index contributed by atoms with van der Waals surface area (Å²) in [6.07, 6.45) is 3.09. The Morgan fingerprint density at radius 1 is 1.14 bits per heavy atom. The van der Waals surface area contributed by atoms with Crippen LogP contribution in [0.5, 0.6) is 5.75 Å². The number of anilines is 1. The molecule has 0 spiro atoms. The molecule has 4 rings (SSSR count). The van der Waals surface area contributed by atoms with Crippen LogP contribution in [0.4, 0.5) is 5.69 Å². The number of benzene rings is 2. The Kier molecular flexibility index (Phi) is 4.45. The van der Waals surface area contributed by atoms with E-state index in [-0.39, 0.29) is 23.8 Å². The highest BCUT2D eigenvalue weighted by Crippen LogP contribution is 2.37. The molecule has 2 heterocycles. The van der Waals surface area contributed by atoms with E-state index < -0.39 is 5.97 Å². The van der Waals surface area contributed by atoms with Gasteiger partial charge in [0.2, 0.25) is 0 Å². The smallest absolute Gasteiger partial charge is 0.335 e. The summed E-state index contributed by atoms with van der Waals surface area (Å²) >= 11 is 0. The van der Waals surface area contributed by atoms with Gasteiger partial charge in [0, 0.05) is 6.08 Å². The van der Waals surface area contributed by atoms with Crippen LogP contribution in [0.3, 0.4) is 0 Å². The zero-order valence-corrected chi connectivity index (χ0v) is 15.1. The van der Waals surface area contributed by atoms with E-state index in [9.17, 15) is 9.59 Å². The van der Waals surface area contributed by atoms with Crippen LogP contribution in [-0.4, -0.2) is 17.0 Å². The fourth-order valence-corrected chi connectivity index (χ4v) is 3.02. The van der Waals surface area contributed by atoms with Crippen molar-refractivity contribution in [1.29, 1.82) is 0 Å². The molecule has 0 saturated heterocycles. The van der Waals surface area contributed by atoms with Gasteiger partial charge in [0.25, 0.3) is 5.91 Å². The lowest BCUT2D eigenvalue weighted by Gasteiger charge is -2.31. The number of carbonyl (C=O) groups excluding carboxylic acids is 1. The summed E-state index contributed by atoms with van der Waals surface area (Å²) in [6, 6.07) is 15.6. The summed E-state index contributed by atoms with van der Waals surface area (Å²) in [4.78, 5) is 25.8. The number of aromatic carboxylic acids is 1. The Bertz CT molecular complexity index is 1060. The minimum atomic E-state index is -0.987.